The van der Waals surface area contributed by atoms with Gasteiger partial charge in [-0.25, -0.2) is 4.98 Å². The van der Waals surface area contributed by atoms with Crippen molar-refractivity contribution in [2.45, 2.75) is 12.0 Å². The van der Waals surface area contributed by atoms with Crippen LogP contribution in [0.1, 0.15) is 16.9 Å². The molecule has 130 valence electrons. The summed E-state index contributed by atoms with van der Waals surface area (Å²) in [5.41, 5.74) is 2.76. The zero-order chi connectivity index (χ0) is 17.4. The van der Waals surface area contributed by atoms with Gasteiger partial charge in [0.1, 0.15) is 5.69 Å². The molecule has 2 aromatic rings. The van der Waals surface area contributed by atoms with E-state index in [2.05, 4.69) is 14.9 Å². The minimum absolute atomic E-state index is 0.0312. The fraction of sp³-hybridized carbons (Fsp3) is 0.412. The average molecular weight is 357 g/mol. The number of pyridine rings is 1. The molecule has 1 atom stereocenters. The molecular weight excluding hydrogens is 338 g/mol. The van der Waals surface area contributed by atoms with Gasteiger partial charge in [0.15, 0.2) is 0 Å². The fourth-order valence-corrected chi connectivity index (χ4v) is 4.18. The van der Waals surface area contributed by atoms with Crippen molar-refractivity contribution >= 4 is 28.8 Å². The van der Waals surface area contributed by atoms with Crippen molar-refractivity contribution in [1.29, 1.82) is 0 Å². The van der Waals surface area contributed by atoms with Crippen LogP contribution in [0.5, 0.6) is 0 Å². The smallest absolute Gasteiger partial charge is 0.273 e. The maximum absolute atomic E-state index is 12.6. The van der Waals surface area contributed by atoms with E-state index in [-0.39, 0.29) is 17.4 Å². The number of amides is 2. The molecule has 0 aliphatic carbocycles. The summed E-state index contributed by atoms with van der Waals surface area (Å²) in [5, 5.41) is 1.78. The maximum Gasteiger partial charge on any atom is 0.273 e. The lowest BCUT2D eigenvalue weighted by molar-refractivity contribution is -0.123. The van der Waals surface area contributed by atoms with Crippen molar-refractivity contribution in [3.8, 4) is 0 Å². The van der Waals surface area contributed by atoms with Crippen LogP contribution in [0.4, 0.5) is 5.69 Å². The third kappa shape index (κ3) is 2.81. The number of carbonyl (C=O) groups is 2. The molecule has 0 N–H and O–H groups in total. The van der Waals surface area contributed by atoms with Crippen molar-refractivity contribution in [2.75, 3.05) is 38.1 Å². The van der Waals surface area contributed by atoms with Gasteiger partial charge in [-0.3, -0.25) is 19.5 Å². The molecule has 2 amide bonds. The monoisotopic (exact) mass is 357 g/mol. The Hall–Kier alpha value is -2.32. The number of likely N-dealkylation sites (tertiary alicyclic amines) is 1. The molecule has 8 heteroatoms. The third-order valence-electron chi connectivity index (χ3n) is 5.16. The molecule has 2 aliphatic heterocycles. The van der Waals surface area contributed by atoms with E-state index in [1.54, 1.807) is 28.2 Å². The van der Waals surface area contributed by atoms with E-state index in [0.29, 0.717) is 31.9 Å². The van der Waals surface area contributed by atoms with Crippen molar-refractivity contribution in [2.24, 2.45) is 0 Å². The van der Waals surface area contributed by atoms with Crippen molar-refractivity contribution in [1.82, 2.24) is 19.8 Å². The highest BCUT2D eigenvalue weighted by Crippen LogP contribution is 2.33. The molecular formula is C17H19N5O2S. The number of rotatable bonds is 2. The van der Waals surface area contributed by atoms with Gasteiger partial charge >= 0.3 is 0 Å². The Labute approximate surface area is 149 Å². The average Bonchev–Trinajstić information content (AvgIpc) is 3.30. The van der Waals surface area contributed by atoms with Crippen molar-refractivity contribution in [3.05, 3.63) is 41.1 Å². The highest BCUT2D eigenvalue weighted by molar-refractivity contribution is 7.07. The van der Waals surface area contributed by atoms with Crippen LogP contribution in [-0.2, 0) is 4.79 Å². The van der Waals surface area contributed by atoms with E-state index in [0.717, 1.165) is 12.1 Å². The molecule has 0 bridgehead atoms. The summed E-state index contributed by atoms with van der Waals surface area (Å²) < 4.78 is 0. The largest absolute Gasteiger partial charge is 0.335 e. The molecule has 4 rings (SSSR count). The quantitative estimate of drug-likeness (QED) is 0.805. The number of hydrogen-bond donors (Lipinski definition) is 0. The van der Waals surface area contributed by atoms with Gasteiger partial charge in [-0.15, -0.1) is 11.3 Å². The number of carbonyl (C=O) groups excluding carboxylic acids is 2. The van der Waals surface area contributed by atoms with Gasteiger partial charge in [0.05, 0.1) is 29.5 Å². The van der Waals surface area contributed by atoms with Gasteiger partial charge in [0.25, 0.3) is 5.91 Å². The second-order valence-corrected chi connectivity index (χ2v) is 7.34. The van der Waals surface area contributed by atoms with Gasteiger partial charge in [0, 0.05) is 31.2 Å². The van der Waals surface area contributed by atoms with Gasteiger partial charge < -0.3 is 9.80 Å². The number of hydrogen-bond acceptors (Lipinski definition) is 6. The molecule has 25 heavy (non-hydrogen) atoms. The van der Waals surface area contributed by atoms with E-state index in [1.165, 1.54) is 11.3 Å². The van der Waals surface area contributed by atoms with Crippen molar-refractivity contribution in [3.63, 3.8) is 0 Å². The second-order valence-electron chi connectivity index (χ2n) is 6.62. The SMILES string of the molecule is CN1CC(=O)N(c2cccnc2)C[C@@]12CCN(C(=O)c1cscn1)C2. The normalized spacial score (nSPS) is 24.3. The van der Waals surface area contributed by atoms with Crippen molar-refractivity contribution < 1.29 is 9.59 Å². The maximum atomic E-state index is 12.6. The van der Waals surface area contributed by atoms with Crippen LogP contribution in [0.2, 0.25) is 0 Å². The minimum Gasteiger partial charge on any atom is -0.335 e. The molecule has 2 fully saturated rings. The predicted octanol–water partition coefficient (Wildman–Crippen LogP) is 1.10. The summed E-state index contributed by atoms with van der Waals surface area (Å²) in [7, 11) is 1.97. The Morgan fingerprint density at radius 2 is 2.24 bits per heavy atom. The van der Waals surface area contributed by atoms with Crippen LogP contribution in [0.3, 0.4) is 0 Å². The first-order valence-corrected chi connectivity index (χ1v) is 9.12. The first-order valence-electron chi connectivity index (χ1n) is 8.18. The van der Waals surface area contributed by atoms with Gasteiger partial charge in [0.2, 0.25) is 5.91 Å². The molecule has 2 aromatic heterocycles. The van der Waals surface area contributed by atoms with E-state index < -0.39 is 0 Å². The van der Waals surface area contributed by atoms with Crippen LogP contribution < -0.4 is 4.90 Å². The Balaban J connectivity index is 1.56. The van der Waals surface area contributed by atoms with Crippen LogP contribution in [0.15, 0.2) is 35.4 Å². The van der Waals surface area contributed by atoms with Gasteiger partial charge in [-0.1, -0.05) is 0 Å². The summed E-state index contributed by atoms with van der Waals surface area (Å²) in [6.07, 6.45) is 4.25. The standard InChI is InChI=1S/C17H19N5O2S/c1-20-8-15(23)22(13-3-2-5-18-7-13)11-17(20)4-6-21(10-17)16(24)14-9-25-12-19-14/h2-3,5,7,9,12H,4,6,8,10-11H2,1H3/t17-/m0/s1. The lowest BCUT2D eigenvalue weighted by Gasteiger charge is -2.46. The van der Waals surface area contributed by atoms with Crippen LogP contribution in [-0.4, -0.2) is 70.3 Å². The Kier molecular flexibility index (Phi) is 4.01. The summed E-state index contributed by atoms with van der Waals surface area (Å²) >= 11 is 1.42. The molecule has 4 heterocycles. The topological polar surface area (TPSA) is 69.6 Å². The lowest BCUT2D eigenvalue weighted by atomic mass is 9.92. The summed E-state index contributed by atoms with van der Waals surface area (Å²) in [6, 6.07) is 3.73. The highest BCUT2D eigenvalue weighted by atomic mass is 32.1. The molecule has 1 spiro atoms. The van der Waals surface area contributed by atoms with E-state index in [1.807, 2.05) is 24.1 Å². The van der Waals surface area contributed by atoms with E-state index in [4.69, 9.17) is 0 Å². The Bertz CT molecular complexity index is 782. The Morgan fingerprint density at radius 3 is 2.96 bits per heavy atom. The zero-order valence-electron chi connectivity index (χ0n) is 14.0. The summed E-state index contributed by atoms with van der Waals surface area (Å²) in [5.74, 6) is 0.0294. The molecule has 0 radical (unpaired) electrons. The predicted molar refractivity (Wildman–Crippen MR) is 94.6 cm³/mol. The van der Waals surface area contributed by atoms with E-state index >= 15 is 0 Å². The first-order chi connectivity index (χ1) is 12.1. The Morgan fingerprint density at radius 1 is 1.36 bits per heavy atom. The number of likely N-dealkylation sites (N-methyl/N-ethyl adjacent to an activating group) is 1. The molecule has 2 aliphatic rings. The fourth-order valence-electron chi connectivity index (χ4n) is 3.66. The third-order valence-corrected chi connectivity index (χ3v) is 5.75. The molecule has 0 unspecified atom stereocenters. The second kappa shape index (κ2) is 6.20. The van der Waals surface area contributed by atoms with Crippen LogP contribution >= 0.6 is 11.3 Å². The van der Waals surface area contributed by atoms with E-state index in [9.17, 15) is 9.59 Å². The number of thiazole rings is 1. The minimum atomic E-state index is -0.227. The first kappa shape index (κ1) is 16.2. The van der Waals surface area contributed by atoms with Gasteiger partial charge in [-0.05, 0) is 25.6 Å². The van der Waals surface area contributed by atoms with Gasteiger partial charge in [-0.2, -0.15) is 0 Å². The molecule has 0 aromatic carbocycles. The molecule has 0 saturated carbocycles. The van der Waals surface area contributed by atoms with Crippen LogP contribution in [0, 0.1) is 0 Å². The summed E-state index contributed by atoms with van der Waals surface area (Å²) in [6.45, 7) is 2.18. The lowest BCUT2D eigenvalue weighted by Crippen LogP contribution is -2.64. The number of piperazine rings is 1. The zero-order valence-corrected chi connectivity index (χ0v) is 14.8. The summed E-state index contributed by atoms with van der Waals surface area (Å²) in [4.78, 5) is 39.1. The number of anilines is 1. The highest BCUT2D eigenvalue weighted by Gasteiger charge is 2.48. The number of nitrogens with zero attached hydrogens (tertiary/aromatic N) is 5. The molecule has 7 nitrogen and oxygen atoms in total. The van der Waals surface area contributed by atoms with Crippen LogP contribution in [0.25, 0.3) is 0 Å². The molecule has 2 saturated heterocycles. The number of aromatic nitrogens is 2.